The van der Waals surface area contributed by atoms with Gasteiger partial charge in [-0.2, -0.15) is 0 Å². The zero-order valence-corrected chi connectivity index (χ0v) is 15.4. The molecule has 0 N–H and O–H groups in total. The molecule has 1 amide bonds. The normalized spacial score (nSPS) is 18.2. The molecule has 136 valence electrons. The van der Waals surface area contributed by atoms with Crippen LogP contribution in [0.3, 0.4) is 0 Å². The minimum atomic E-state index is 0.0495. The molecule has 0 radical (unpaired) electrons. The summed E-state index contributed by atoms with van der Waals surface area (Å²) in [6, 6.07) is 2.12. The van der Waals surface area contributed by atoms with E-state index in [1.807, 2.05) is 17.9 Å². The summed E-state index contributed by atoms with van der Waals surface area (Å²) in [5.74, 6) is 2.62. The fourth-order valence-electron chi connectivity index (χ4n) is 3.24. The molecule has 0 unspecified atom stereocenters. The Kier molecular flexibility index (Phi) is 5.22. The second-order valence-corrected chi connectivity index (χ2v) is 7.06. The van der Waals surface area contributed by atoms with Gasteiger partial charge in [0.25, 0.3) is 0 Å². The van der Waals surface area contributed by atoms with Gasteiger partial charge in [-0.1, -0.05) is 19.0 Å². The molecule has 0 aliphatic carbocycles. The Balaban J connectivity index is 1.61. The van der Waals surface area contributed by atoms with Crippen molar-refractivity contribution in [1.29, 1.82) is 0 Å². The summed E-state index contributed by atoms with van der Waals surface area (Å²) in [4.78, 5) is 20.6. The van der Waals surface area contributed by atoms with Gasteiger partial charge in [0.2, 0.25) is 11.8 Å². The summed E-state index contributed by atoms with van der Waals surface area (Å²) in [6.45, 7) is 10.5. The lowest BCUT2D eigenvalue weighted by molar-refractivity contribution is -0.132. The van der Waals surface area contributed by atoms with Crippen LogP contribution < -0.4 is 0 Å². The van der Waals surface area contributed by atoms with Gasteiger partial charge in [0.05, 0.1) is 18.4 Å². The molecule has 0 saturated carbocycles. The van der Waals surface area contributed by atoms with Gasteiger partial charge in [0, 0.05) is 44.6 Å². The predicted molar refractivity (Wildman–Crippen MR) is 91.7 cm³/mol. The molecule has 2 aromatic rings. The largest absolute Gasteiger partial charge is 0.444 e. The van der Waals surface area contributed by atoms with Crippen LogP contribution >= 0.6 is 0 Å². The van der Waals surface area contributed by atoms with Crippen molar-refractivity contribution in [3.8, 4) is 0 Å². The Labute approximate surface area is 148 Å². The molecule has 25 heavy (non-hydrogen) atoms. The minimum absolute atomic E-state index is 0.0495. The van der Waals surface area contributed by atoms with Gasteiger partial charge >= 0.3 is 0 Å². The number of aromatic nitrogens is 2. The molecule has 1 atom stereocenters. The molecule has 1 aliphatic rings. The van der Waals surface area contributed by atoms with Crippen LogP contribution in [0.15, 0.2) is 21.2 Å². The quantitative estimate of drug-likeness (QED) is 0.800. The lowest BCUT2D eigenvalue weighted by Gasteiger charge is -2.26. The van der Waals surface area contributed by atoms with Gasteiger partial charge < -0.3 is 13.8 Å². The maximum atomic E-state index is 12.2. The van der Waals surface area contributed by atoms with Crippen LogP contribution in [0.1, 0.15) is 56.2 Å². The third-order valence-corrected chi connectivity index (χ3v) is 4.60. The van der Waals surface area contributed by atoms with E-state index >= 15 is 0 Å². The van der Waals surface area contributed by atoms with Crippen LogP contribution in [0.25, 0.3) is 0 Å². The molecular formula is C18H26N4O3. The van der Waals surface area contributed by atoms with Crippen LogP contribution in [0.4, 0.5) is 0 Å². The second kappa shape index (κ2) is 7.39. The van der Waals surface area contributed by atoms with Gasteiger partial charge in [0.15, 0.2) is 0 Å². The van der Waals surface area contributed by atoms with E-state index in [2.05, 4.69) is 28.9 Å². The first-order valence-electron chi connectivity index (χ1n) is 8.78. The third kappa shape index (κ3) is 4.28. The maximum Gasteiger partial charge on any atom is 0.220 e. The van der Waals surface area contributed by atoms with Gasteiger partial charge in [-0.05, 0) is 13.3 Å². The lowest BCUT2D eigenvalue weighted by Crippen LogP contribution is -2.40. The van der Waals surface area contributed by atoms with E-state index in [-0.39, 0.29) is 11.9 Å². The van der Waals surface area contributed by atoms with Gasteiger partial charge in [-0.3, -0.25) is 9.69 Å². The molecule has 3 heterocycles. The molecule has 0 spiro atoms. The van der Waals surface area contributed by atoms with Crippen LogP contribution in [0.5, 0.6) is 0 Å². The summed E-state index contributed by atoms with van der Waals surface area (Å²) in [5, 5.41) is 4.05. The predicted octanol–water partition coefficient (Wildman–Crippen LogP) is 2.72. The number of nitrogens with zero attached hydrogens (tertiary/aromatic N) is 4. The fraction of sp³-hybridized carbons (Fsp3) is 0.611. The zero-order chi connectivity index (χ0) is 18.0. The summed E-state index contributed by atoms with van der Waals surface area (Å²) in [6.07, 6.45) is 2.69. The van der Waals surface area contributed by atoms with E-state index in [0.29, 0.717) is 18.4 Å². The molecule has 3 rings (SSSR count). The van der Waals surface area contributed by atoms with Gasteiger partial charge in [-0.25, -0.2) is 4.98 Å². The summed E-state index contributed by atoms with van der Waals surface area (Å²) < 4.78 is 10.9. The van der Waals surface area contributed by atoms with E-state index in [4.69, 9.17) is 8.94 Å². The molecule has 1 aliphatic heterocycles. The molecule has 2 aromatic heterocycles. The number of hydrogen-bond acceptors (Lipinski definition) is 6. The first kappa shape index (κ1) is 17.7. The molecule has 1 fully saturated rings. The Morgan fingerprint density at radius 3 is 2.88 bits per heavy atom. The highest BCUT2D eigenvalue weighted by molar-refractivity contribution is 5.73. The maximum absolute atomic E-state index is 12.2. The Hall–Kier alpha value is -2.15. The summed E-state index contributed by atoms with van der Waals surface area (Å²) in [5.41, 5.74) is 0.932. The summed E-state index contributed by atoms with van der Waals surface area (Å²) in [7, 11) is 0. The minimum Gasteiger partial charge on any atom is -0.444 e. The number of oxazole rings is 1. The fourth-order valence-corrected chi connectivity index (χ4v) is 3.24. The van der Waals surface area contributed by atoms with Crippen molar-refractivity contribution in [2.75, 3.05) is 13.1 Å². The van der Waals surface area contributed by atoms with E-state index in [1.165, 1.54) is 0 Å². The number of hydrogen-bond donors (Lipinski definition) is 0. The molecule has 7 heteroatoms. The van der Waals surface area contributed by atoms with Crippen molar-refractivity contribution in [1.82, 2.24) is 19.9 Å². The number of likely N-dealkylation sites (tertiary alicyclic amines) is 1. The van der Waals surface area contributed by atoms with Crippen LogP contribution in [-0.2, 0) is 17.9 Å². The van der Waals surface area contributed by atoms with Crippen molar-refractivity contribution < 1.29 is 13.7 Å². The van der Waals surface area contributed by atoms with E-state index in [1.54, 1.807) is 13.1 Å². The summed E-state index contributed by atoms with van der Waals surface area (Å²) >= 11 is 0. The van der Waals surface area contributed by atoms with E-state index < -0.39 is 0 Å². The smallest absolute Gasteiger partial charge is 0.220 e. The van der Waals surface area contributed by atoms with Crippen molar-refractivity contribution in [2.45, 2.75) is 59.2 Å². The zero-order valence-electron chi connectivity index (χ0n) is 15.4. The number of aryl methyl sites for hydroxylation is 1. The van der Waals surface area contributed by atoms with E-state index in [0.717, 1.165) is 43.3 Å². The topological polar surface area (TPSA) is 75.6 Å². The highest BCUT2D eigenvalue weighted by atomic mass is 16.5. The number of carbonyl (C=O) groups is 1. The Morgan fingerprint density at radius 2 is 2.28 bits per heavy atom. The Morgan fingerprint density at radius 1 is 1.48 bits per heavy atom. The van der Waals surface area contributed by atoms with Crippen molar-refractivity contribution in [3.63, 3.8) is 0 Å². The third-order valence-electron chi connectivity index (χ3n) is 4.60. The van der Waals surface area contributed by atoms with Gasteiger partial charge in [-0.15, -0.1) is 0 Å². The van der Waals surface area contributed by atoms with Crippen molar-refractivity contribution in [2.24, 2.45) is 0 Å². The van der Waals surface area contributed by atoms with Crippen LogP contribution in [0.2, 0.25) is 0 Å². The average Bonchev–Trinajstić information content (AvgIpc) is 3.26. The standard InChI is InChI=1S/C18H26N4O3/c1-12(2)17-8-19-18(24-17)11-22(14(4)23)16-5-6-21(10-16)9-15-7-13(3)25-20-15/h7-8,12,16H,5-6,9-11H2,1-4H3/t16-/m1/s1. The first-order chi connectivity index (χ1) is 11.9. The molecule has 1 saturated heterocycles. The average molecular weight is 346 g/mol. The number of rotatable bonds is 6. The molecular weight excluding hydrogens is 320 g/mol. The first-order valence-corrected chi connectivity index (χ1v) is 8.78. The van der Waals surface area contributed by atoms with Crippen LogP contribution in [-0.4, -0.2) is 45.0 Å². The van der Waals surface area contributed by atoms with Crippen molar-refractivity contribution >= 4 is 5.91 Å². The van der Waals surface area contributed by atoms with Gasteiger partial charge in [0.1, 0.15) is 11.5 Å². The SMILES string of the molecule is CC(=O)N(Cc1ncc(C(C)C)o1)[C@@H]1CCN(Cc2cc(C)on2)C1. The Bertz CT molecular complexity index is 721. The molecule has 0 aromatic carbocycles. The molecule has 0 bridgehead atoms. The number of carbonyl (C=O) groups excluding carboxylic acids is 1. The highest BCUT2D eigenvalue weighted by Crippen LogP contribution is 2.22. The second-order valence-electron chi connectivity index (χ2n) is 7.06. The highest BCUT2D eigenvalue weighted by Gasteiger charge is 2.30. The molecule has 7 nitrogen and oxygen atoms in total. The monoisotopic (exact) mass is 346 g/mol. The van der Waals surface area contributed by atoms with Crippen LogP contribution in [0, 0.1) is 6.92 Å². The number of amides is 1. The van der Waals surface area contributed by atoms with E-state index in [9.17, 15) is 4.79 Å². The lowest BCUT2D eigenvalue weighted by atomic mass is 10.2. The van der Waals surface area contributed by atoms with Crippen molar-refractivity contribution in [3.05, 3.63) is 35.4 Å².